The second-order valence-corrected chi connectivity index (χ2v) is 9.00. The van der Waals surface area contributed by atoms with Crippen LogP contribution in [-0.4, -0.2) is 41.6 Å². The van der Waals surface area contributed by atoms with Gasteiger partial charge in [-0.3, -0.25) is 4.79 Å². The second kappa shape index (κ2) is 7.85. The van der Waals surface area contributed by atoms with E-state index in [1.807, 2.05) is 31.3 Å². The molecule has 0 aliphatic carbocycles. The molecule has 3 aromatic rings. The zero-order valence-corrected chi connectivity index (χ0v) is 18.1. The number of thiophene rings is 1. The molecule has 0 bridgehead atoms. The number of benzene rings is 1. The minimum absolute atomic E-state index is 0.0210. The molecular formula is C21H25ClN4OS. The van der Waals surface area contributed by atoms with Crippen molar-refractivity contribution in [3.05, 3.63) is 50.1 Å². The van der Waals surface area contributed by atoms with Gasteiger partial charge in [-0.15, -0.1) is 11.3 Å². The zero-order valence-electron chi connectivity index (χ0n) is 16.5. The van der Waals surface area contributed by atoms with E-state index in [1.165, 1.54) is 10.4 Å². The predicted octanol–water partition coefficient (Wildman–Crippen LogP) is 4.32. The normalized spacial score (nSPS) is 14.4. The van der Waals surface area contributed by atoms with Crippen LogP contribution >= 0.6 is 22.9 Å². The van der Waals surface area contributed by atoms with Gasteiger partial charge in [-0.05, 0) is 49.7 Å². The summed E-state index contributed by atoms with van der Waals surface area (Å²) in [6.07, 6.45) is 3.04. The molecular weight excluding hydrogens is 392 g/mol. The van der Waals surface area contributed by atoms with Crippen molar-refractivity contribution in [2.24, 2.45) is 0 Å². The van der Waals surface area contributed by atoms with E-state index in [4.69, 9.17) is 16.6 Å². The molecule has 0 saturated heterocycles. The topological polar surface area (TPSA) is 41.4 Å². The van der Waals surface area contributed by atoms with Crippen LogP contribution in [0.1, 0.15) is 30.2 Å². The number of hydrogen-bond donors (Lipinski definition) is 0. The molecule has 7 heteroatoms. The smallest absolute Gasteiger partial charge is 0.268 e. The quantitative estimate of drug-likeness (QED) is 0.621. The van der Waals surface area contributed by atoms with Gasteiger partial charge in [-0.25, -0.2) is 9.55 Å². The maximum absolute atomic E-state index is 13.7. The van der Waals surface area contributed by atoms with E-state index in [0.29, 0.717) is 11.0 Å². The summed E-state index contributed by atoms with van der Waals surface area (Å²) in [6.45, 7) is 4.88. The summed E-state index contributed by atoms with van der Waals surface area (Å²) in [5.41, 5.74) is 2.00. The highest BCUT2D eigenvalue weighted by molar-refractivity contribution is 7.18. The Kier molecular flexibility index (Phi) is 5.45. The lowest BCUT2D eigenvalue weighted by Crippen LogP contribution is -2.31. The fraction of sp³-hybridized carbons (Fsp3) is 0.429. The number of unbranched alkanes of at least 4 members (excludes halogenated alkanes) is 1. The number of hydrogen-bond acceptors (Lipinski definition) is 5. The van der Waals surface area contributed by atoms with Gasteiger partial charge in [0.2, 0.25) is 5.95 Å². The van der Waals surface area contributed by atoms with Crippen molar-refractivity contribution in [2.45, 2.75) is 32.7 Å². The van der Waals surface area contributed by atoms with E-state index in [1.54, 1.807) is 15.9 Å². The molecule has 1 aromatic carbocycles. The second-order valence-electron chi connectivity index (χ2n) is 7.48. The highest BCUT2D eigenvalue weighted by Gasteiger charge is 2.25. The number of fused-ring (bicyclic) bond motifs is 3. The fourth-order valence-electron chi connectivity index (χ4n) is 3.73. The van der Waals surface area contributed by atoms with Crippen molar-refractivity contribution in [1.29, 1.82) is 0 Å². The summed E-state index contributed by atoms with van der Waals surface area (Å²) in [4.78, 5) is 25.2. The monoisotopic (exact) mass is 416 g/mol. The van der Waals surface area contributed by atoms with Gasteiger partial charge in [0.15, 0.2) is 0 Å². The van der Waals surface area contributed by atoms with E-state index in [-0.39, 0.29) is 5.56 Å². The molecule has 0 unspecified atom stereocenters. The number of halogens is 1. The molecule has 5 nitrogen and oxygen atoms in total. The lowest BCUT2D eigenvalue weighted by atomic mass is 10.1. The molecule has 1 aliphatic rings. The van der Waals surface area contributed by atoms with Crippen molar-refractivity contribution in [3.63, 3.8) is 0 Å². The molecule has 0 atom stereocenters. The Morgan fingerprint density at radius 2 is 2.04 bits per heavy atom. The zero-order chi connectivity index (χ0) is 19.8. The van der Waals surface area contributed by atoms with Crippen LogP contribution in [0.15, 0.2) is 29.1 Å². The Morgan fingerprint density at radius 3 is 2.75 bits per heavy atom. The van der Waals surface area contributed by atoms with E-state index in [9.17, 15) is 4.79 Å². The highest BCUT2D eigenvalue weighted by Crippen LogP contribution is 2.33. The Balaban J connectivity index is 1.96. The average molecular weight is 417 g/mol. The summed E-state index contributed by atoms with van der Waals surface area (Å²) < 4.78 is 1.75. The van der Waals surface area contributed by atoms with Crippen molar-refractivity contribution >= 4 is 39.1 Å². The lowest BCUT2D eigenvalue weighted by molar-refractivity contribution is 0.318. The number of anilines is 1. The third kappa shape index (κ3) is 3.45. The van der Waals surface area contributed by atoms with Crippen molar-refractivity contribution < 1.29 is 0 Å². The molecule has 1 aliphatic heterocycles. The van der Waals surface area contributed by atoms with Crippen LogP contribution in [-0.2, 0) is 13.0 Å². The van der Waals surface area contributed by atoms with Gasteiger partial charge in [0.05, 0.1) is 11.1 Å². The molecule has 0 amide bonds. The molecule has 2 aromatic heterocycles. The molecule has 3 heterocycles. The summed E-state index contributed by atoms with van der Waals surface area (Å²) in [7, 11) is 4.13. The van der Waals surface area contributed by atoms with Crippen LogP contribution in [0.25, 0.3) is 15.9 Å². The van der Waals surface area contributed by atoms with Gasteiger partial charge in [0.1, 0.15) is 4.83 Å². The number of aromatic nitrogens is 2. The summed E-state index contributed by atoms with van der Waals surface area (Å²) in [6, 6.07) is 7.42. The molecule has 0 N–H and O–H groups in total. The molecule has 0 saturated carbocycles. The van der Waals surface area contributed by atoms with E-state index >= 15 is 0 Å². The largest absolute Gasteiger partial charge is 0.345 e. The summed E-state index contributed by atoms with van der Waals surface area (Å²) in [5.74, 6) is 0.695. The van der Waals surface area contributed by atoms with Gasteiger partial charge >= 0.3 is 0 Å². The average Bonchev–Trinajstić information content (AvgIpc) is 3.04. The Bertz CT molecular complexity index is 1060. The third-order valence-electron chi connectivity index (χ3n) is 5.32. The first-order valence-corrected chi connectivity index (χ1v) is 10.9. The van der Waals surface area contributed by atoms with E-state index in [0.717, 1.165) is 54.8 Å². The molecule has 4 rings (SSSR count). The summed E-state index contributed by atoms with van der Waals surface area (Å²) >= 11 is 7.75. The Hall–Kier alpha value is -1.89. The predicted molar refractivity (Wildman–Crippen MR) is 118 cm³/mol. The number of nitrogens with zero attached hydrogens (tertiary/aromatic N) is 4. The van der Waals surface area contributed by atoms with Crippen LogP contribution in [0, 0.1) is 0 Å². The maximum Gasteiger partial charge on any atom is 0.268 e. The molecule has 0 fully saturated rings. The van der Waals surface area contributed by atoms with Gasteiger partial charge in [0, 0.05) is 36.6 Å². The molecule has 28 heavy (non-hydrogen) atoms. The minimum atomic E-state index is 0.0210. The maximum atomic E-state index is 13.7. The number of likely N-dealkylation sites (N-methyl/N-ethyl adjacent to an activating group) is 1. The number of rotatable bonds is 5. The van der Waals surface area contributed by atoms with Gasteiger partial charge in [-0.2, -0.15) is 0 Å². The first-order chi connectivity index (χ1) is 13.5. The Morgan fingerprint density at radius 1 is 1.29 bits per heavy atom. The standard InChI is InChI=1S/C21H25ClN4OS/c1-4-5-11-25(3)21-23-19-18(16-10-12-24(2)13-17(16)28-19)20(27)26(21)15-8-6-14(22)7-9-15/h6-9H,4-5,10-13H2,1-3H3. The molecule has 0 spiro atoms. The van der Waals surface area contributed by atoms with Crippen molar-refractivity contribution in [2.75, 3.05) is 32.1 Å². The van der Waals surface area contributed by atoms with Crippen molar-refractivity contribution in [1.82, 2.24) is 14.5 Å². The van der Waals surface area contributed by atoms with E-state index in [2.05, 4.69) is 23.8 Å². The van der Waals surface area contributed by atoms with Crippen LogP contribution < -0.4 is 10.5 Å². The first kappa shape index (κ1) is 19.4. The minimum Gasteiger partial charge on any atom is -0.345 e. The highest BCUT2D eigenvalue weighted by atomic mass is 35.5. The van der Waals surface area contributed by atoms with Crippen molar-refractivity contribution in [3.8, 4) is 5.69 Å². The van der Waals surface area contributed by atoms with Gasteiger partial charge in [0.25, 0.3) is 5.56 Å². The van der Waals surface area contributed by atoms with Crippen LogP contribution in [0.5, 0.6) is 0 Å². The molecule has 148 valence electrons. The van der Waals surface area contributed by atoms with Crippen LogP contribution in [0.4, 0.5) is 5.95 Å². The summed E-state index contributed by atoms with van der Waals surface area (Å²) in [5, 5.41) is 1.44. The lowest BCUT2D eigenvalue weighted by Gasteiger charge is -2.23. The van der Waals surface area contributed by atoms with E-state index < -0.39 is 0 Å². The fourth-order valence-corrected chi connectivity index (χ4v) is 5.15. The SMILES string of the molecule is CCCCN(C)c1nc2sc3c(c2c(=O)n1-c1ccc(Cl)cc1)CCN(C)C3. The van der Waals surface area contributed by atoms with Gasteiger partial charge in [-0.1, -0.05) is 24.9 Å². The molecule has 0 radical (unpaired) electrons. The Labute approximate surface area is 174 Å². The van der Waals surface area contributed by atoms with Crippen LogP contribution in [0.2, 0.25) is 5.02 Å². The third-order valence-corrected chi connectivity index (χ3v) is 6.68. The van der Waals surface area contributed by atoms with Crippen LogP contribution in [0.3, 0.4) is 0 Å². The van der Waals surface area contributed by atoms with Gasteiger partial charge < -0.3 is 9.80 Å². The first-order valence-electron chi connectivity index (χ1n) is 9.72.